The van der Waals surface area contributed by atoms with Gasteiger partial charge in [0.15, 0.2) is 5.96 Å². The molecule has 3 N–H and O–H groups in total. The third-order valence-corrected chi connectivity index (χ3v) is 5.57. The van der Waals surface area contributed by atoms with Crippen molar-refractivity contribution in [3.8, 4) is 0 Å². The van der Waals surface area contributed by atoms with Crippen LogP contribution < -0.4 is 11.1 Å². The van der Waals surface area contributed by atoms with Crippen molar-refractivity contribution in [3.63, 3.8) is 0 Å². The highest BCUT2D eigenvalue weighted by Crippen LogP contribution is 2.48. The molecule has 1 aromatic rings. The summed E-state index contributed by atoms with van der Waals surface area (Å²) >= 11 is 1.80. The topological polar surface area (TPSA) is 50.4 Å². The minimum atomic E-state index is 0.624. The summed E-state index contributed by atoms with van der Waals surface area (Å²) in [5.74, 6) is 3.36. The lowest BCUT2D eigenvalue weighted by Crippen LogP contribution is -2.34. The van der Waals surface area contributed by atoms with Gasteiger partial charge in [-0.3, -0.25) is 4.99 Å². The Hall–Kier alpha value is -1.03. The zero-order valence-corrected chi connectivity index (χ0v) is 12.2. The third-order valence-electron chi connectivity index (χ3n) is 4.64. The van der Waals surface area contributed by atoms with Gasteiger partial charge in [-0.2, -0.15) is 0 Å². The number of nitrogens with one attached hydrogen (secondary N) is 1. The number of fused-ring (bicyclic) bond motifs is 2. The maximum Gasteiger partial charge on any atom is 0.188 e. The normalized spacial score (nSPS) is 29.9. The molecule has 0 amide bonds. The molecule has 4 heteroatoms. The second-order valence-corrected chi connectivity index (χ2v) is 6.95. The number of nitrogens with zero attached hydrogens (tertiary/aromatic N) is 1. The summed E-state index contributed by atoms with van der Waals surface area (Å²) in [6, 6.07) is 4.25. The maximum absolute atomic E-state index is 5.93. The van der Waals surface area contributed by atoms with Crippen molar-refractivity contribution in [1.29, 1.82) is 0 Å². The van der Waals surface area contributed by atoms with Gasteiger partial charge in [-0.1, -0.05) is 12.5 Å². The fourth-order valence-corrected chi connectivity index (χ4v) is 4.35. The fraction of sp³-hybridized carbons (Fsp3) is 0.667. The monoisotopic (exact) mass is 277 g/mol. The standard InChI is InChI=1S/C15H23N3S/c16-15(17-6-5-14-2-1-7-19-14)18-10-13-9-11-3-4-12(13)8-11/h1-2,7,11-13H,3-6,8-10H2,(H3,16,17,18). The summed E-state index contributed by atoms with van der Waals surface area (Å²) in [7, 11) is 0. The molecule has 104 valence electrons. The minimum absolute atomic E-state index is 0.624. The predicted molar refractivity (Wildman–Crippen MR) is 81.5 cm³/mol. The van der Waals surface area contributed by atoms with E-state index in [0.717, 1.165) is 37.3 Å². The van der Waals surface area contributed by atoms with Crippen LogP contribution in [-0.2, 0) is 6.42 Å². The van der Waals surface area contributed by atoms with Gasteiger partial charge in [0.05, 0.1) is 0 Å². The third kappa shape index (κ3) is 3.30. The van der Waals surface area contributed by atoms with E-state index >= 15 is 0 Å². The summed E-state index contributed by atoms with van der Waals surface area (Å²) in [6.45, 7) is 1.81. The Morgan fingerprint density at radius 3 is 3.05 bits per heavy atom. The number of hydrogen-bond donors (Lipinski definition) is 2. The van der Waals surface area contributed by atoms with E-state index in [1.807, 2.05) is 0 Å². The van der Waals surface area contributed by atoms with Crippen LogP contribution in [-0.4, -0.2) is 19.0 Å². The first-order valence-corrected chi connectivity index (χ1v) is 8.25. The molecular weight excluding hydrogens is 254 g/mol. The smallest absolute Gasteiger partial charge is 0.188 e. The molecule has 3 unspecified atom stereocenters. The van der Waals surface area contributed by atoms with Gasteiger partial charge < -0.3 is 11.1 Å². The van der Waals surface area contributed by atoms with Crippen LogP contribution in [0, 0.1) is 17.8 Å². The first-order valence-electron chi connectivity index (χ1n) is 7.37. The molecule has 2 aliphatic carbocycles. The molecule has 2 fully saturated rings. The minimum Gasteiger partial charge on any atom is -0.370 e. The van der Waals surface area contributed by atoms with Crippen LogP contribution in [0.15, 0.2) is 22.5 Å². The molecule has 3 nitrogen and oxygen atoms in total. The first-order chi connectivity index (χ1) is 9.31. The van der Waals surface area contributed by atoms with E-state index in [-0.39, 0.29) is 0 Å². The van der Waals surface area contributed by atoms with Gasteiger partial charge >= 0.3 is 0 Å². The number of hydrogen-bond acceptors (Lipinski definition) is 2. The van der Waals surface area contributed by atoms with Crippen molar-refractivity contribution in [2.24, 2.45) is 28.5 Å². The number of nitrogens with two attached hydrogens (primary N) is 1. The van der Waals surface area contributed by atoms with Crippen LogP contribution in [0.1, 0.15) is 30.6 Å². The van der Waals surface area contributed by atoms with E-state index in [1.54, 1.807) is 11.3 Å². The molecule has 1 aromatic heterocycles. The van der Waals surface area contributed by atoms with Crippen LogP contribution in [0.25, 0.3) is 0 Å². The Labute approximate surface area is 119 Å². The van der Waals surface area contributed by atoms with Crippen molar-refractivity contribution in [2.75, 3.05) is 13.1 Å². The molecular formula is C15H23N3S. The number of aliphatic imine (C=N–C) groups is 1. The second-order valence-electron chi connectivity index (χ2n) is 5.92. The van der Waals surface area contributed by atoms with Gasteiger partial charge in [0.2, 0.25) is 0 Å². The van der Waals surface area contributed by atoms with E-state index in [0.29, 0.717) is 5.96 Å². The molecule has 3 atom stereocenters. The average Bonchev–Trinajstić information content (AvgIpc) is 3.13. The Bertz CT molecular complexity index is 427. The van der Waals surface area contributed by atoms with Crippen LogP contribution in [0.3, 0.4) is 0 Å². The maximum atomic E-state index is 5.93. The quantitative estimate of drug-likeness (QED) is 0.642. The van der Waals surface area contributed by atoms with E-state index in [9.17, 15) is 0 Å². The number of guanidine groups is 1. The highest BCUT2D eigenvalue weighted by Gasteiger charge is 2.39. The molecule has 0 aliphatic heterocycles. The first kappa shape index (κ1) is 13.0. The Morgan fingerprint density at radius 2 is 2.37 bits per heavy atom. The summed E-state index contributed by atoms with van der Waals surface area (Å²) in [5.41, 5.74) is 5.93. The van der Waals surface area contributed by atoms with Crippen molar-refractivity contribution in [3.05, 3.63) is 22.4 Å². The summed E-state index contributed by atoms with van der Waals surface area (Å²) in [5, 5.41) is 5.34. The average molecular weight is 277 g/mol. The SMILES string of the molecule is NC(=NCC1CC2CCC1C2)NCCc1cccs1. The molecule has 0 radical (unpaired) electrons. The van der Waals surface area contributed by atoms with Gasteiger partial charge in [0.25, 0.3) is 0 Å². The molecule has 3 rings (SSSR count). The lowest BCUT2D eigenvalue weighted by atomic mass is 9.89. The molecule has 2 saturated carbocycles. The second kappa shape index (κ2) is 5.95. The molecule has 19 heavy (non-hydrogen) atoms. The van der Waals surface area contributed by atoms with Crippen molar-refractivity contribution in [2.45, 2.75) is 32.1 Å². The van der Waals surface area contributed by atoms with Gasteiger partial charge in [0, 0.05) is 18.0 Å². The Kier molecular flexibility index (Phi) is 4.06. The van der Waals surface area contributed by atoms with E-state index in [1.165, 1.54) is 30.6 Å². The van der Waals surface area contributed by atoms with Gasteiger partial charge in [-0.05, 0) is 54.9 Å². The van der Waals surface area contributed by atoms with Crippen LogP contribution in [0.5, 0.6) is 0 Å². The number of rotatable bonds is 5. The zero-order valence-electron chi connectivity index (χ0n) is 11.3. The zero-order chi connectivity index (χ0) is 13.1. The molecule has 0 aromatic carbocycles. The molecule has 0 saturated heterocycles. The van der Waals surface area contributed by atoms with E-state index in [4.69, 9.17) is 5.73 Å². The lowest BCUT2D eigenvalue weighted by Gasteiger charge is -2.19. The lowest BCUT2D eigenvalue weighted by molar-refractivity contribution is 0.341. The highest BCUT2D eigenvalue weighted by atomic mass is 32.1. The van der Waals surface area contributed by atoms with Crippen LogP contribution in [0.2, 0.25) is 0 Å². The number of thiophene rings is 1. The van der Waals surface area contributed by atoms with Gasteiger partial charge in [0.1, 0.15) is 0 Å². The largest absolute Gasteiger partial charge is 0.370 e. The molecule has 0 spiro atoms. The molecule has 2 aliphatic rings. The molecule has 1 heterocycles. The predicted octanol–water partition coefficient (Wildman–Crippen LogP) is 2.63. The summed E-state index contributed by atoms with van der Waals surface area (Å²) < 4.78 is 0. The highest BCUT2D eigenvalue weighted by molar-refractivity contribution is 7.09. The van der Waals surface area contributed by atoms with Gasteiger partial charge in [-0.25, -0.2) is 0 Å². The summed E-state index contributed by atoms with van der Waals surface area (Å²) in [4.78, 5) is 5.93. The van der Waals surface area contributed by atoms with Crippen molar-refractivity contribution in [1.82, 2.24) is 5.32 Å². The van der Waals surface area contributed by atoms with Crippen molar-refractivity contribution < 1.29 is 0 Å². The Balaban J connectivity index is 1.38. The van der Waals surface area contributed by atoms with Crippen LogP contribution in [0.4, 0.5) is 0 Å². The van der Waals surface area contributed by atoms with Gasteiger partial charge in [-0.15, -0.1) is 11.3 Å². The van der Waals surface area contributed by atoms with E-state index < -0.39 is 0 Å². The Morgan fingerprint density at radius 1 is 1.42 bits per heavy atom. The molecule has 2 bridgehead atoms. The van der Waals surface area contributed by atoms with Crippen LogP contribution >= 0.6 is 11.3 Å². The summed E-state index contributed by atoms with van der Waals surface area (Å²) in [6.07, 6.45) is 6.75. The van der Waals surface area contributed by atoms with Crippen molar-refractivity contribution >= 4 is 17.3 Å². The van der Waals surface area contributed by atoms with E-state index in [2.05, 4.69) is 27.8 Å². The fourth-order valence-electron chi connectivity index (χ4n) is 3.64.